The molecule has 0 amide bonds. The molecule has 74 valence electrons. The molecule has 0 N–H and O–H groups in total. The minimum atomic E-state index is 0. The van der Waals surface area contributed by atoms with Crippen LogP contribution < -0.4 is 23.4 Å². The van der Waals surface area contributed by atoms with Crippen molar-refractivity contribution < 1.29 is 23.4 Å². The summed E-state index contributed by atoms with van der Waals surface area (Å²) in [6, 6.07) is 0. The van der Waals surface area contributed by atoms with Crippen LogP contribution in [0.5, 0.6) is 0 Å². The van der Waals surface area contributed by atoms with E-state index in [1.54, 1.807) is 0 Å². The van der Waals surface area contributed by atoms with Crippen molar-refractivity contribution in [3.05, 3.63) is 17.7 Å². The van der Waals surface area contributed by atoms with Crippen molar-refractivity contribution in [3.63, 3.8) is 0 Å². The van der Waals surface area contributed by atoms with Gasteiger partial charge in [-0.15, -0.1) is 0 Å². The van der Waals surface area contributed by atoms with Crippen molar-refractivity contribution in [2.45, 2.75) is 53.6 Å². The molecule has 0 aromatic carbocycles. The Morgan fingerprint density at radius 1 is 1.14 bits per heavy atom. The smallest absolute Gasteiger partial charge is 0.234 e. The fraction of sp³-hybridized carbons (Fsp3) is 0.727. The molecular weight excluding hydrogens is 167 g/mol. The van der Waals surface area contributed by atoms with E-state index in [2.05, 4.69) is 43.0 Å². The molecule has 1 heterocycles. The van der Waals surface area contributed by atoms with Gasteiger partial charge >= 0.3 is 18.9 Å². The van der Waals surface area contributed by atoms with E-state index >= 15 is 0 Å². The Morgan fingerprint density at radius 2 is 1.79 bits per heavy atom. The molecule has 0 spiro atoms. The third kappa shape index (κ3) is 2.43. The largest absolute Gasteiger partial charge is 1.00 e. The molecule has 0 aliphatic carbocycles. The van der Waals surface area contributed by atoms with Crippen LogP contribution in [-0.4, -0.2) is 4.57 Å². The Morgan fingerprint density at radius 3 is 2.14 bits per heavy atom. The van der Waals surface area contributed by atoms with Gasteiger partial charge in [-0.2, -0.15) is 0 Å². The van der Waals surface area contributed by atoms with Crippen LogP contribution in [0.1, 0.15) is 39.2 Å². The Balaban J connectivity index is 0.00000169. The van der Waals surface area contributed by atoms with Gasteiger partial charge in [-0.05, 0) is 13.8 Å². The Bertz CT molecular complexity index is 253. The maximum atomic E-state index is 2.43. The molecule has 0 fully saturated rings. The van der Waals surface area contributed by atoms with Crippen LogP contribution in [-0.2, 0) is 25.9 Å². The summed E-state index contributed by atoms with van der Waals surface area (Å²) in [5.74, 6) is 1.46. The standard InChI is InChI=1S/C11H21N2.Li/c1-5-10-9-12(7-3)11(6-2)13(10)8-4;/h9H,5-8H2,1-4H3;/q2*+1. The number of imidazole rings is 1. The van der Waals surface area contributed by atoms with Crippen LogP contribution in [0.25, 0.3) is 0 Å². The van der Waals surface area contributed by atoms with Crippen molar-refractivity contribution in [1.82, 2.24) is 4.57 Å². The van der Waals surface area contributed by atoms with E-state index in [0.29, 0.717) is 0 Å². The maximum absolute atomic E-state index is 2.43. The first-order valence-electron chi connectivity index (χ1n) is 5.39. The van der Waals surface area contributed by atoms with Crippen LogP contribution >= 0.6 is 0 Å². The molecule has 0 radical (unpaired) electrons. The fourth-order valence-electron chi connectivity index (χ4n) is 1.98. The summed E-state index contributed by atoms with van der Waals surface area (Å²) in [6.45, 7) is 11.1. The summed E-state index contributed by atoms with van der Waals surface area (Å²) in [6.07, 6.45) is 4.55. The number of rotatable bonds is 4. The van der Waals surface area contributed by atoms with Crippen LogP contribution in [0.3, 0.4) is 0 Å². The third-order valence-electron chi connectivity index (χ3n) is 2.63. The first-order valence-corrected chi connectivity index (χ1v) is 5.39. The van der Waals surface area contributed by atoms with E-state index in [0.717, 1.165) is 25.9 Å². The normalized spacial score (nSPS) is 10.0. The molecule has 0 atom stereocenters. The van der Waals surface area contributed by atoms with Gasteiger partial charge in [-0.25, -0.2) is 9.13 Å². The Kier molecular flexibility index (Phi) is 6.23. The fourth-order valence-corrected chi connectivity index (χ4v) is 1.98. The second-order valence-electron chi connectivity index (χ2n) is 3.27. The van der Waals surface area contributed by atoms with Crippen molar-refractivity contribution in [3.8, 4) is 0 Å². The van der Waals surface area contributed by atoms with Gasteiger partial charge in [-0.1, -0.05) is 13.8 Å². The van der Waals surface area contributed by atoms with Gasteiger partial charge < -0.3 is 0 Å². The van der Waals surface area contributed by atoms with Gasteiger partial charge in [0.1, 0.15) is 11.9 Å². The van der Waals surface area contributed by atoms with Crippen LogP contribution in [0.4, 0.5) is 0 Å². The van der Waals surface area contributed by atoms with E-state index in [4.69, 9.17) is 0 Å². The van der Waals surface area contributed by atoms with Gasteiger partial charge in [0.2, 0.25) is 0 Å². The average Bonchev–Trinajstić information content (AvgIpc) is 2.54. The molecule has 1 aromatic rings. The minimum absolute atomic E-state index is 0. The van der Waals surface area contributed by atoms with Crippen molar-refractivity contribution in [1.29, 1.82) is 0 Å². The van der Waals surface area contributed by atoms with Gasteiger partial charge in [0.15, 0.2) is 0 Å². The van der Waals surface area contributed by atoms with Gasteiger partial charge in [0.25, 0.3) is 5.82 Å². The quantitative estimate of drug-likeness (QED) is 0.421. The molecule has 0 saturated carbocycles. The topological polar surface area (TPSA) is 8.81 Å². The SMILES string of the molecule is CCc1c[n+](CC)c(CC)n1CC.[Li+]. The maximum Gasteiger partial charge on any atom is 1.00 e. The zero-order valence-corrected chi connectivity index (χ0v) is 10.3. The number of nitrogens with zero attached hydrogens (tertiary/aromatic N) is 2. The third-order valence-corrected chi connectivity index (χ3v) is 2.63. The number of hydrogen-bond acceptors (Lipinski definition) is 0. The minimum Gasteiger partial charge on any atom is -0.234 e. The number of hydrogen-bond donors (Lipinski definition) is 0. The summed E-state index contributed by atoms with van der Waals surface area (Å²) in [5.41, 5.74) is 1.46. The van der Waals surface area contributed by atoms with Crippen molar-refractivity contribution in [2.75, 3.05) is 0 Å². The van der Waals surface area contributed by atoms with Crippen molar-refractivity contribution in [2.24, 2.45) is 0 Å². The summed E-state index contributed by atoms with van der Waals surface area (Å²) in [7, 11) is 0. The monoisotopic (exact) mass is 188 g/mol. The van der Waals surface area contributed by atoms with Crippen LogP contribution in [0.2, 0.25) is 0 Å². The molecular formula is C11H21LiN2+2. The summed E-state index contributed by atoms with van der Waals surface area (Å²) < 4.78 is 4.80. The zero-order valence-electron chi connectivity index (χ0n) is 10.3. The molecule has 0 bridgehead atoms. The predicted octanol–water partition coefficient (Wildman–Crippen LogP) is -1.06. The first-order chi connectivity index (χ1) is 6.28. The summed E-state index contributed by atoms with van der Waals surface area (Å²) >= 11 is 0. The van der Waals surface area contributed by atoms with Gasteiger partial charge in [0, 0.05) is 12.8 Å². The molecule has 0 aliphatic heterocycles. The molecule has 2 nitrogen and oxygen atoms in total. The molecule has 3 heteroatoms. The second kappa shape index (κ2) is 6.32. The van der Waals surface area contributed by atoms with E-state index in [9.17, 15) is 0 Å². The van der Waals surface area contributed by atoms with E-state index in [1.807, 2.05) is 0 Å². The number of aryl methyl sites for hydroxylation is 2. The molecule has 14 heavy (non-hydrogen) atoms. The molecule has 1 rings (SSSR count). The first kappa shape index (κ1) is 13.8. The van der Waals surface area contributed by atoms with Gasteiger partial charge in [0.05, 0.1) is 13.1 Å². The zero-order chi connectivity index (χ0) is 9.84. The predicted molar refractivity (Wildman–Crippen MR) is 54.7 cm³/mol. The van der Waals surface area contributed by atoms with Crippen LogP contribution in [0.15, 0.2) is 6.20 Å². The average molecular weight is 188 g/mol. The molecule has 0 unspecified atom stereocenters. The summed E-state index contributed by atoms with van der Waals surface area (Å²) in [4.78, 5) is 0. The van der Waals surface area contributed by atoms with Crippen molar-refractivity contribution >= 4 is 0 Å². The molecule has 1 aromatic heterocycles. The molecule has 0 saturated heterocycles. The van der Waals surface area contributed by atoms with Crippen LogP contribution in [0, 0.1) is 0 Å². The second-order valence-corrected chi connectivity index (χ2v) is 3.27. The Hall–Kier alpha value is -0.193. The summed E-state index contributed by atoms with van der Waals surface area (Å²) in [5, 5.41) is 0. The molecule has 0 aliphatic rings. The van der Waals surface area contributed by atoms with E-state index < -0.39 is 0 Å². The Labute approximate surface area is 99.5 Å². The number of aromatic nitrogens is 2. The van der Waals surface area contributed by atoms with Gasteiger partial charge in [-0.3, -0.25) is 0 Å². The van der Waals surface area contributed by atoms with E-state index in [-0.39, 0.29) is 18.9 Å². The van der Waals surface area contributed by atoms with E-state index in [1.165, 1.54) is 11.5 Å².